The number of nitrogens with zero attached hydrogens (tertiary/aromatic N) is 1. The van der Waals surface area contributed by atoms with Gasteiger partial charge in [-0.15, -0.1) is 0 Å². The smallest absolute Gasteiger partial charge is 0.0132 e. The lowest BCUT2D eigenvalue weighted by Gasteiger charge is -2.37. The van der Waals surface area contributed by atoms with Crippen molar-refractivity contribution in [3.63, 3.8) is 0 Å². The molecular weight excluding hydrogens is 194 g/mol. The minimum absolute atomic E-state index is 1.02. The molecule has 0 aromatic heterocycles. The van der Waals surface area contributed by atoms with Crippen LogP contribution in [0.2, 0.25) is 0 Å². The summed E-state index contributed by atoms with van der Waals surface area (Å²) in [6.07, 6.45) is 9.09. The van der Waals surface area contributed by atoms with Crippen LogP contribution in [0, 0.1) is 29.6 Å². The van der Waals surface area contributed by atoms with Gasteiger partial charge in [0.05, 0.1) is 0 Å². The standard InChI is InChI=1S/C15H25N/c1-10-5-6-11-9-12(15-13(10)14(11)15)16-7-3-2-4-8-16/h10-15H,2-9H2,1H3. The molecule has 4 aliphatic rings. The van der Waals surface area contributed by atoms with E-state index in [4.69, 9.17) is 0 Å². The summed E-state index contributed by atoms with van der Waals surface area (Å²) in [5.41, 5.74) is 0. The molecule has 6 unspecified atom stereocenters. The highest BCUT2D eigenvalue weighted by atomic mass is 15.2. The molecule has 6 atom stereocenters. The molecule has 1 heterocycles. The average molecular weight is 219 g/mol. The Morgan fingerprint density at radius 1 is 0.875 bits per heavy atom. The van der Waals surface area contributed by atoms with Crippen molar-refractivity contribution in [3.8, 4) is 0 Å². The van der Waals surface area contributed by atoms with Gasteiger partial charge in [-0.2, -0.15) is 0 Å². The molecule has 0 N–H and O–H groups in total. The third kappa shape index (κ3) is 1.27. The van der Waals surface area contributed by atoms with E-state index in [1.54, 1.807) is 12.8 Å². The Hall–Kier alpha value is -0.0400. The van der Waals surface area contributed by atoms with Crippen LogP contribution in [0.5, 0.6) is 0 Å². The van der Waals surface area contributed by atoms with Gasteiger partial charge in [0.1, 0.15) is 0 Å². The van der Waals surface area contributed by atoms with Crippen molar-refractivity contribution in [2.75, 3.05) is 13.1 Å². The van der Waals surface area contributed by atoms with E-state index in [0.717, 1.165) is 29.7 Å². The molecule has 1 nitrogen and oxygen atoms in total. The maximum atomic E-state index is 2.87. The Labute approximate surface area is 99.6 Å². The number of fused-ring (bicyclic) bond motifs is 1. The quantitative estimate of drug-likeness (QED) is 0.655. The van der Waals surface area contributed by atoms with Crippen LogP contribution in [-0.2, 0) is 0 Å². The zero-order valence-corrected chi connectivity index (χ0v) is 10.6. The fraction of sp³-hybridized carbons (Fsp3) is 1.00. The Morgan fingerprint density at radius 2 is 1.69 bits per heavy atom. The maximum absolute atomic E-state index is 2.87. The summed E-state index contributed by atoms with van der Waals surface area (Å²) in [6, 6.07) is 1.02. The normalized spacial score (nSPS) is 56.1. The third-order valence-electron chi connectivity index (χ3n) is 6.23. The summed E-state index contributed by atoms with van der Waals surface area (Å²) >= 11 is 0. The average Bonchev–Trinajstić information content (AvgIpc) is 2.95. The van der Waals surface area contributed by atoms with Crippen LogP contribution in [0.3, 0.4) is 0 Å². The second-order valence-corrected chi connectivity index (χ2v) is 6.95. The van der Waals surface area contributed by atoms with Crippen molar-refractivity contribution in [2.24, 2.45) is 29.6 Å². The van der Waals surface area contributed by atoms with Gasteiger partial charge in [0, 0.05) is 6.04 Å². The van der Waals surface area contributed by atoms with E-state index in [0.29, 0.717) is 0 Å². The Bertz CT molecular complexity index is 277. The lowest BCUT2D eigenvalue weighted by atomic mass is 9.79. The minimum Gasteiger partial charge on any atom is -0.300 e. The summed E-state index contributed by atoms with van der Waals surface area (Å²) in [6.45, 7) is 5.36. The second kappa shape index (κ2) is 3.48. The molecule has 4 rings (SSSR count). The minimum atomic E-state index is 1.02. The Balaban J connectivity index is 1.51. The highest BCUT2D eigenvalue weighted by Gasteiger charge is 2.66. The molecule has 0 amide bonds. The van der Waals surface area contributed by atoms with Crippen LogP contribution >= 0.6 is 0 Å². The summed E-state index contributed by atoms with van der Waals surface area (Å²) in [5, 5.41) is 0. The second-order valence-electron chi connectivity index (χ2n) is 6.95. The van der Waals surface area contributed by atoms with Gasteiger partial charge in [0.15, 0.2) is 0 Å². The molecule has 3 saturated carbocycles. The van der Waals surface area contributed by atoms with Crippen LogP contribution < -0.4 is 0 Å². The van der Waals surface area contributed by atoms with Crippen molar-refractivity contribution in [1.29, 1.82) is 0 Å². The SMILES string of the molecule is CC1CCC2CC(N3CCCCC3)C3C1C23. The zero-order valence-electron chi connectivity index (χ0n) is 10.6. The van der Waals surface area contributed by atoms with Gasteiger partial charge in [0.25, 0.3) is 0 Å². The molecule has 0 spiro atoms. The lowest BCUT2D eigenvalue weighted by molar-refractivity contribution is 0.119. The topological polar surface area (TPSA) is 3.24 Å². The number of hydrogen-bond donors (Lipinski definition) is 0. The number of rotatable bonds is 1. The van der Waals surface area contributed by atoms with E-state index in [1.165, 1.54) is 44.7 Å². The fourth-order valence-electron chi connectivity index (χ4n) is 5.53. The molecule has 90 valence electrons. The summed E-state index contributed by atoms with van der Waals surface area (Å²) in [5.74, 6) is 5.66. The zero-order chi connectivity index (χ0) is 10.7. The van der Waals surface area contributed by atoms with Crippen LogP contribution in [0.15, 0.2) is 0 Å². The molecule has 0 aromatic carbocycles. The predicted molar refractivity (Wildman–Crippen MR) is 66.2 cm³/mol. The van der Waals surface area contributed by atoms with Crippen LogP contribution in [0.25, 0.3) is 0 Å². The lowest BCUT2D eigenvalue weighted by Crippen LogP contribution is -2.41. The predicted octanol–water partition coefficient (Wildman–Crippen LogP) is 3.15. The Morgan fingerprint density at radius 3 is 2.44 bits per heavy atom. The number of hydrogen-bond acceptors (Lipinski definition) is 1. The molecule has 4 fully saturated rings. The fourth-order valence-corrected chi connectivity index (χ4v) is 5.53. The summed E-state index contributed by atoms with van der Waals surface area (Å²) in [4.78, 5) is 2.87. The molecule has 3 aliphatic carbocycles. The van der Waals surface area contributed by atoms with Gasteiger partial charge in [-0.3, -0.25) is 0 Å². The molecular formula is C15H25N. The first-order valence-corrected chi connectivity index (χ1v) is 7.60. The highest BCUT2D eigenvalue weighted by molar-refractivity contribution is 5.16. The first-order chi connectivity index (χ1) is 7.86. The van der Waals surface area contributed by atoms with Crippen LogP contribution in [0.4, 0.5) is 0 Å². The van der Waals surface area contributed by atoms with Crippen molar-refractivity contribution >= 4 is 0 Å². The molecule has 1 heteroatoms. The molecule has 0 aromatic rings. The van der Waals surface area contributed by atoms with Gasteiger partial charge in [-0.25, -0.2) is 0 Å². The monoisotopic (exact) mass is 219 g/mol. The van der Waals surface area contributed by atoms with Gasteiger partial charge in [-0.05, 0) is 68.4 Å². The number of piperidine rings is 1. The Kier molecular flexibility index (Phi) is 2.16. The summed E-state index contributed by atoms with van der Waals surface area (Å²) in [7, 11) is 0. The van der Waals surface area contributed by atoms with Gasteiger partial charge in [0.2, 0.25) is 0 Å². The van der Waals surface area contributed by atoms with Crippen LogP contribution in [0.1, 0.15) is 45.4 Å². The number of likely N-dealkylation sites (tertiary alicyclic amines) is 1. The van der Waals surface area contributed by atoms with E-state index in [2.05, 4.69) is 11.8 Å². The van der Waals surface area contributed by atoms with Gasteiger partial charge in [-0.1, -0.05) is 19.8 Å². The van der Waals surface area contributed by atoms with E-state index in [9.17, 15) is 0 Å². The van der Waals surface area contributed by atoms with E-state index >= 15 is 0 Å². The van der Waals surface area contributed by atoms with Gasteiger partial charge < -0.3 is 4.90 Å². The third-order valence-corrected chi connectivity index (χ3v) is 6.23. The van der Waals surface area contributed by atoms with Crippen molar-refractivity contribution in [3.05, 3.63) is 0 Å². The highest BCUT2D eigenvalue weighted by Crippen LogP contribution is 2.68. The van der Waals surface area contributed by atoms with Crippen LogP contribution in [-0.4, -0.2) is 24.0 Å². The molecule has 16 heavy (non-hydrogen) atoms. The molecule has 1 aliphatic heterocycles. The van der Waals surface area contributed by atoms with Gasteiger partial charge >= 0.3 is 0 Å². The van der Waals surface area contributed by atoms with E-state index in [-0.39, 0.29) is 0 Å². The molecule has 1 saturated heterocycles. The largest absolute Gasteiger partial charge is 0.300 e. The first-order valence-electron chi connectivity index (χ1n) is 7.60. The first kappa shape index (κ1) is 9.94. The maximum Gasteiger partial charge on any atom is 0.0132 e. The van der Waals surface area contributed by atoms with Crippen molar-refractivity contribution in [2.45, 2.75) is 51.5 Å². The van der Waals surface area contributed by atoms with E-state index < -0.39 is 0 Å². The van der Waals surface area contributed by atoms with Crippen molar-refractivity contribution in [1.82, 2.24) is 4.90 Å². The van der Waals surface area contributed by atoms with E-state index in [1.807, 2.05) is 0 Å². The van der Waals surface area contributed by atoms with Crippen molar-refractivity contribution < 1.29 is 0 Å². The summed E-state index contributed by atoms with van der Waals surface area (Å²) < 4.78 is 0. The molecule has 0 bridgehead atoms. The molecule has 0 radical (unpaired) electrons.